The van der Waals surface area contributed by atoms with Crippen LogP contribution in [0.2, 0.25) is 0 Å². The predicted molar refractivity (Wildman–Crippen MR) is 74.6 cm³/mol. The second kappa shape index (κ2) is 5.21. The standard InChI is InChI=1S/C14H16BrFN2O/c15-10-3-4-13(16)12(8-10)14(19)18-7-6-17-5-1-2-11(17)9-18/h3-4,8,11H,1-2,5-7,9H2. The summed E-state index contributed by atoms with van der Waals surface area (Å²) in [5, 5.41) is 0. The topological polar surface area (TPSA) is 23.6 Å². The molecular weight excluding hydrogens is 311 g/mol. The molecule has 3 rings (SSSR count). The zero-order valence-electron chi connectivity index (χ0n) is 10.6. The highest BCUT2D eigenvalue weighted by Gasteiger charge is 2.33. The lowest BCUT2D eigenvalue weighted by atomic mass is 10.1. The Morgan fingerprint density at radius 3 is 3.00 bits per heavy atom. The minimum atomic E-state index is -0.443. The molecule has 0 aliphatic carbocycles. The van der Waals surface area contributed by atoms with Crippen LogP contribution in [0.4, 0.5) is 4.39 Å². The molecule has 0 radical (unpaired) electrons. The molecule has 1 aromatic carbocycles. The van der Waals surface area contributed by atoms with E-state index in [1.807, 2.05) is 0 Å². The molecule has 2 aliphatic rings. The van der Waals surface area contributed by atoms with E-state index in [4.69, 9.17) is 0 Å². The first-order valence-electron chi connectivity index (χ1n) is 6.63. The fourth-order valence-corrected chi connectivity index (χ4v) is 3.37. The summed E-state index contributed by atoms with van der Waals surface area (Å²) >= 11 is 3.29. The molecule has 3 nitrogen and oxygen atoms in total. The van der Waals surface area contributed by atoms with Gasteiger partial charge in [0, 0.05) is 30.1 Å². The molecule has 0 bridgehead atoms. The quantitative estimate of drug-likeness (QED) is 0.791. The predicted octanol–water partition coefficient (Wildman–Crippen LogP) is 2.51. The minimum absolute atomic E-state index is 0.167. The summed E-state index contributed by atoms with van der Waals surface area (Å²) in [5.41, 5.74) is 0.167. The number of hydrogen-bond donors (Lipinski definition) is 0. The van der Waals surface area contributed by atoms with E-state index < -0.39 is 5.82 Å². The number of carbonyl (C=O) groups excluding carboxylic acids is 1. The van der Waals surface area contributed by atoms with Crippen molar-refractivity contribution < 1.29 is 9.18 Å². The van der Waals surface area contributed by atoms with Crippen LogP contribution in [0.1, 0.15) is 23.2 Å². The third-order valence-corrected chi connectivity index (χ3v) is 4.53. The Labute approximate surface area is 120 Å². The molecule has 0 aromatic heterocycles. The lowest BCUT2D eigenvalue weighted by Crippen LogP contribution is -2.52. The van der Waals surface area contributed by atoms with Crippen molar-refractivity contribution in [2.75, 3.05) is 26.2 Å². The maximum atomic E-state index is 13.8. The third kappa shape index (κ3) is 2.54. The molecule has 2 saturated heterocycles. The first-order valence-corrected chi connectivity index (χ1v) is 7.43. The smallest absolute Gasteiger partial charge is 0.256 e. The van der Waals surface area contributed by atoms with E-state index in [1.54, 1.807) is 17.0 Å². The van der Waals surface area contributed by atoms with Crippen LogP contribution >= 0.6 is 15.9 Å². The average Bonchev–Trinajstić information content (AvgIpc) is 2.88. The molecular formula is C14H16BrFN2O. The molecule has 1 amide bonds. The highest BCUT2D eigenvalue weighted by atomic mass is 79.9. The minimum Gasteiger partial charge on any atom is -0.336 e. The summed E-state index contributed by atoms with van der Waals surface area (Å²) in [6, 6.07) is 4.98. The van der Waals surface area contributed by atoms with E-state index in [0.29, 0.717) is 12.6 Å². The fourth-order valence-electron chi connectivity index (χ4n) is 3.01. The number of benzene rings is 1. The van der Waals surface area contributed by atoms with E-state index in [9.17, 15) is 9.18 Å². The first-order chi connectivity index (χ1) is 9.15. The van der Waals surface area contributed by atoms with Crippen molar-refractivity contribution in [3.8, 4) is 0 Å². The van der Waals surface area contributed by atoms with Crippen molar-refractivity contribution in [2.45, 2.75) is 18.9 Å². The number of halogens is 2. The fraction of sp³-hybridized carbons (Fsp3) is 0.500. The van der Waals surface area contributed by atoms with Crippen LogP contribution in [0.3, 0.4) is 0 Å². The lowest BCUT2D eigenvalue weighted by molar-refractivity contribution is 0.0567. The van der Waals surface area contributed by atoms with Crippen LogP contribution in [0.5, 0.6) is 0 Å². The molecule has 1 atom stereocenters. The number of rotatable bonds is 1. The van der Waals surface area contributed by atoms with Gasteiger partial charge in [0.25, 0.3) is 5.91 Å². The summed E-state index contributed by atoms with van der Waals surface area (Å²) in [4.78, 5) is 16.6. The van der Waals surface area contributed by atoms with Crippen LogP contribution in [-0.2, 0) is 0 Å². The molecule has 5 heteroatoms. The molecule has 0 spiro atoms. The Morgan fingerprint density at radius 1 is 1.32 bits per heavy atom. The number of hydrogen-bond acceptors (Lipinski definition) is 2. The maximum Gasteiger partial charge on any atom is 0.256 e. The molecule has 2 aliphatic heterocycles. The van der Waals surface area contributed by atoms with Crippen LogP contribution in [0.15, 0.2) is 22.7 Å². The number of amides is 1. The Bertz CT molecular complexity index is 508. The SMILES string of the molecule is O=C(c1cc(Br)ccc1F)N1CCN2CCCC2C1. The average molecular weight is 327 g/mol. The summed E-state index contributed by atoms with van der Waals surface area (Å²) in [7, 11) is 0. The van der Waals surface area contributed by atoms with Crippen molar-refractivity contribution in [3.05, 3.63) is 34.1 Å². The van der Waals surface area contributed by atoms with Crippen LogP contribution < -0.4 is 0 Å². The summed E-state index contributed by atoms with van der Waals surface area (Å²) in [5.74, 6) is -0.632. The van der Waals surface area contributed by atoms with Gasteiger partial charge in [-0.3, -0.25) is 9.69 Å². The highest BCUT2D eigenvalue weighted by Crippen LogP contribution is 2.24. The van der Waals surface area contributed by atoms with E-state index in [1.165, 1.54) is 12.5 Å². The van der Waals surface area contributed by atoms with Crippen molar-refractivity contribution in [1.29, 1.82) is 0 Å². The van der Waals surface area contributed by atoms with Crippen LogP contribution in [0, 0.1) is 5.82 Å². The van der Waals surface area contributed by atoms with Gasteiger partial charge in [0.15, 0.2) is 0 Å². The van der Waals surface area contributed by atoms with Gasteiger partial charge in [-0.05, 0) is 37.6 Å². The largest absolute Gasteiger partial charge is 0.336 e. The zero-order chi connectivity index (χ0) is 13.4. The van der Waals surface area contributed by atoms with Gasteiger partial charge in [-0.1, -0.05) is 15.9 Å². The number of piperazine rings is 1. The number of carbonyl (C=O) groups is 1. The summed E-state index contributed by atoms with van der Waals surface area (Å²) < 4.78 is 14.5. The Hall–Kier alpha value is -0.940. The normalized spacial score (nSPS) is 23.5. The van der Waals surface area contributed by atoms with E-state index in [0.717, 1.165) is 30.5 Å². The third-order valence-electron chi connectivity index (χ3n) is 4.03. The van der Waals surface area contributed by atoms with Gasteiger partial charge in [0.1, 0.15) is 5.82 Å². The van der Waals surface area contributed by atoms with Crippen LogP contribution in [0.25, 0.3) is 0 Å². The Balaban J connectivity index is 1.78. The van der Waals surface area contributed by atoms with E-state index in [-0.39, 0.29) is 11.5 Å². The van der Waals surface area contributed by atoms with Crippen LogP contribution in [-0.4, -0.2) is 47.9 Å². The molecule has 102 valence electrons. The molecule has 2 heterocycles. The molecule has 2 fully saturated rings. The molecule has 1 aromatic rings. The monoisotopic (exact) mass is 326 g/mol. The van der Waals surface area contributed by atoms with Crippen molar-refractivity contribution in [2.24, 2.45) is 0 Å². The van der Waals surface area contributed by atoms with E-state index in [2.05, 4.69) is 20.8 Å². The zero-order valence-corrected chi connectivity index (χ0v) is 12.2. The number of nitrogens with zero attached hydrogens (tertiary/aromatic N) is 2. The van der Waals surface area contributed by atoms with Crippen molar-refractivity contribution in [3.63, 3.8) is 0 Å². The maximum absolute atomic E-state index is 13.8. The van der Waals surface area contributed by atoms with Gasteiger partial charge in [0.2, 0.25) is 0 Å². The Morgan fingerprint density at radius 2 is 2.16 bits per heavy atom. The molecule has 1 unspecified atom stereocenters. The second-order valence-corrected chi connectivity index (χ2v) is 6.12. The van der Waals surface area contributed by atoms with Gasteiger partial charge in [-0.2, -0.15) is 0 Å². The van der Waals surface area contributed by atoms with Crippen molar-refractivity contribution >= 4 is 21.8 Å². The van der Waals surface area contributed by atoms with Gasteiger partial charge < -0.3 is 4.90 Å². The van der Waals surface area contributed by atoms with Gasteiger partial charge in [0.05, 0.1) is 5.56 Å². The summed E-state index contributed by atoms with van der Waals surface area (Å²) in [6.45, 7) is 3.47. The van der Waals surface area contributed by atoms with Gasteiger partial charge >= 0.3 is 0 Å². The number of fused-ring (bicyclic) bond motifs is 1. The first kappa shape index (κ1) is 13.1. The lowest BCUT2D eigenvalue weighted by Gasteiger charge is -2.37. The van der Waals surface area contributed by atoms with Crippen molar-refractivity contribution in [1.82, 2.24) is 9.80 Å². The molecule has 0 saturated carbocycles. The highest BCUT2D eigenvalue weighted by molar-refractivity contribution is 9.10. The molecule has 19 heavy (non-hydrogen) atoms. The van der Waals surface area contributed by atoms with E-state index >= 15 is 0 Å². The second-order valence-electron chi connectivity index (χ2n) is 5.21. The Kier molecular flexibility index (Phi) is 3.58. The van der Waals surface area contributed by atoms with Gasteiger partial charge in [-0.15, -0.1) is 0 Å². The van der Waals surface area contributed by atoms with Gasteiger partial charge in [-0.25, -0.2) is 4.39 Å². The summed E-state index contributed by atoms with van der Waals surface area (Å²) in [6.07, 6.45) is 2.35. The molecule has 0 N–H and O–H groups in total.